The van der Waals surface area contributed by atoms with E-state index in [0.29, 0.717) is 0 Å². The molecule has 1 unspecified atom stereocenters. The van der Waals surface area contributed by atoms with Crippen LogP contribution in [0.1, 0.15) is 12.5 Å². The fourth-order valence-electron chi connectivity index (χ4n) is 1.04. The van der Waals surface area contributed by atoms with E-state index in [4.69, 9.17) is 17.3 Å². The number of anilines is 1. The highest BCUT2D eigenvalue weighted by molar-refractivity contribution is 6.20. The molecule has 0 spiro atoms. The maximum atomic E-state index is 5.82. The Morgan fingerprint density at radius 3 is 2.82 bits per heavy atom. The second-order valence-corrected chi connectivity index (χ2v) is 3.47. The van der Waals surface area contributed by atoms with Crippen molar-refractivity contribution in [1.82, 2.24) is 0 Å². The topological polar surface area (TPSA) is 26.0 Å². The monoisotopic (exact) mass is 169 g/mol. The minimum absolute atomic E-state index is 0.178. The van der Waals surface area contributed by atoms with E-state index in [1.165, 1.54) is 5.56 Å². The standard InChI is InChI=1S/C9H12ClN/c1-7(10)5-8-3-2-4-9(11)6-8/h2-4,6-7H,5,11H2,1H3. The summed E-state index contributed by atoms with van der Waals surface area (Å²) in [4.78, 5) is 0. The van der Waals surface area contributed by atoms with Crippen LogP contribution in [0.2, 0.25) is 0 Å². The van der Waals surface area contributed by atoms with Crippen molar-refractivity contribution in [1.29, 1.82) is 0 Å². The average Bonchev–Trinajstić information content (AvgIpc) is 1.85. The summed E-state index contributed by atoms with van der Waals surface area (Å²) in [6.45, 7) is 1.98. The van der Waals surface area contributed by atoms with Crippen LogP contribution in [0.5, 0.6) is 0 Å². The highest BCUT2D eigenvalue weighted by atomic mass is 35.5. The van der Waals surface area contributed by atoms with Crippen LogP contribution in [0.3, 0.4) is 0 Å². The fourth-order valence-corrected chi connectivity index (χ4v) is 1.22. The molecule has 1 rings (SSSR count). The maximum absolute atomic E-state index is 5.82. The maximum Gasteiger partial charge on any atom is 0.0348 e. The summed E-state index contributed by atoms with van der Waals surface area (Å²) >= 11 is 5.82. The molecule has 2 heteroatoms. The van der Waals surface area contributed by atoms with Gasteiger partial charge in [0.05, 0.1) is 0 Å². The fraction of sp³-hybridized carbons (Fsp3) is 0.333. The molecule has 0 radical (unpaired) electrons. The number of nitrogen functional groups attached to an aromatic ring is 1. The smallest absolute Gasteiger partial charge is 0.0348 e. The van der Waals surface area contributed by atoms with Crippen molar-refractivity contribution in [2.24, 2.45) is 0 Å². The van der Waals surface area contributed by atoms with Gasteiger partial charge in [-0.05, 0) is 31.0 Å². The second kappa shape index (κ2) is 3.63. The van der Waals surface area contributed by atoms with Gasteiger partial charge in [0.1, 0.15) is 0 Å². The molecule has 0 aliphatic carbocycles. The summed E-state index contributed by atoms with van der Waals surface area (Å²) in [7, 11) is 0. The minimum Gasteiger partial charge on any atom is -0.399 e. The highest BCUT2D eigenvalue weighted by Gasteiger charge is 1.98. The summed E-state index contributed by atoms with van der Waals surface area (Å²) in [5.41, 5.74) is 7.60. The third-order valence-electron chi connectivity index (χ3n) is 1.47. The largest absolute Gasteiger partial charge is 0.399 e. The zero-order valence-electron chi connectivity index (χ0n) is 6.55. The number of halogens is 1. The zero-order valence-corrected chi connectivity index (χ0v) is 7.31. The molecule has 1 atom stereocenters. The molecule has 0 aliphatic heterocycles. The third-order valence-corrected chi connectivity index (χ3v) is 1.62. The molecule has 11 heavy (non-hydrogen) atoms. The number of alkyl halides is 1. The summed E-state index contributed by atoms with van der Waals surface area (Å²) < 4.78 is 0. The molecule has 0 fully saturated rings. The van der Waals surface area contributed by atoms with Gasteiger partial charge in [-0.3, -0.25) is 0 Å². The molecular weight excluding hydrogens is 158 g/mol. The van der Waals surface area contributed by atoms with Crippen molar-refractivity contribution in [2.45, 2.75) is 18.7 Å². The average molecular weight is 170 g/mol. The van der Waals surface area contributed by atoms with Crippen LogP contribution in [0, 0.1) is 0 Å². The SMILES string of the molecule is CC(Cl)Cc1cccc(N)c1. The Bertz CT molecular complexity index is 233. The molecule has 1 aromatic rings. The Morgan fingerprint density at radius 1 is 1.55 bits per heavy atom. The van der Waals surface area contributed by atoms with E-state index in [1.807, 2.05) is 31.2 Å². The molecule has 0 saturated carbocycles. The van der Waals surface area contributed by atoms with E-state index in [0.717, 1.165) is 12.1 Å². The quantitative estimate of drug-likeness (QED) is 0.534. The van der Waals surface area contributed by atoms with Gasteiger partial charge in [-0.15, -0.1) is 11.6 Å². The molecule has 0 amide bonds. The first-order chi connectivity index (χ1) is 5.18. The molecule has 0 saturated heterocycles. The van der Waals surface area contributed by atoms with Crippen LogP contribution >= 0.6 is 11.6 Å². The second-order valence-electron chi connectivity index (χ2n) is 2.73. The van der Waals surface area contributed by atoms with Crippen LogP contribution in [0.15, 0.2) is 24.3 Å². The summed E-state index contributed by atoms with van der Waals surface area (Å²) in [6, 6.07) is 7.82. The lowest BCUT2D eigenvalue weighted by atomic mass is 10.1. The van der Waals surface area contributed by atoms with Gasteiger partial charge < -0.3 is 5.73 Å². The van der Waals surface area contributed by atoms with Gasteiger partial charge in [0, 0.05) is 11.1 Å². The van der Waals surface area contributed by atoms with E-state index in [9.17, 15) is 0 Å². The Kier molecular flexibility index (Phi) is 2.77. The van der Waals surface area contributed by atoms with Crippen molar-refractivity contribution in [2.75, 3.05) is 5.73 Å². The van der Waals surface area contributed by atoms with E-state index in [2.05, 4.69) is 0 Å². The molecule has 0 aliphatic rings. The van der Waals surface area contributed by atoms with Crippen LogP contribution in [0.4, 0.5) is 5.69 Å². The van der Waals surface area contributed by atoms with Gasteiger partial charge in [-0.2, -0.15) is 0 Å². The Hall–Kier alpha value is -0.690. The van der Waals surface area contributed by atoms with Crippen molar-refractivity contribution in [3.63, 3.8) is 0 Å². The molecule has 0 bridgehead atoms. The van der Waals surface area contributed by atoms with E-state index >= 15 is 0 Å². The number of benzene rings is 1. The first-order valence-electron chi connectivity index (χ1n) is 3.67. The van der Waals surface area contributed by atoms with Gasteiger partial charge in [0.15, 0.2) is 0 Å². The molecule has 0 aromatic heterocycles. The lowest BCUT2D eigenvalue weighted by Crippen LogP contribution is -1.97. The van der Waals surface area contributed by atoms with E-state index in [-0.39, 0.29) is 5.38 Å². The molecule has 0 heterocycles. The predicted octanol–water partition coefficient (Wildman–Crippen LogP) is 2.44. The molecular formula is C9H12ClN. The molecule has 1 nitrogen and oxygen atoms in total. The van der Waals surface area contributed by atoms with E-state index in [1.54, 1.807) is 0 Å². The van der Waals surface area contributed by atoms with Crippen LogP contribution in [0.25, 0.3) is 0 Å². The lowest BCUT2D eigenvalue weighted by molar-refractivity contribution is 0.932. The third kappa shape index (κ3) is 2.81. The van der Waals surface area contributed by atoms with Gasteiger partial charge >= 0.3 is 0 Å². The number of rotatable bonds is 2. The molecule has 60 valence electrons. The van der Waals surface area contributed by atoms with Crippen LogP contribution in [-0.2, 0) is 6.42 Å². The number of hydrogen-bond acceptors (Lipinski definition) is 1. The molecule has 1 aromatic carbocycles. The van der Waals surface area contributed by atoms with Crippen LogP contribution in [-0.4, -0.2) is 5.38 Å². The van der Waals surface area contributed by atoms with Crippen molar-refractivity contribution < 1.29 is 0 Å². The van der Waals surface area contributed by atoms with Gasteiger partial charge in [-0.25, -0.2) is 0 Å². The van der Waals surface area contributed by atoms with Gasteiger partial charge in [0.25, 0.3) is 0 Å². The lowest BCUT2D eigenvalue weighted by Gasteiger charge is -2.02. The first-order valence-corrected chi connectivity index (χ1v) is 4.10. The summed E-state index contributed by atoms with van der Waals surface area (Å²) in [5, 5.41) is 0.178. The summed E-state index contributed by atoms with van der Waals surface area (Å²) in [6.07, 6.45) is 0.882. The Labute approximate surface area is 72.2 Å². The Morgan fingerprint density at radius 2 is 2.27 bits per heavy atom. The first kappa shape index (κ1) is 8.41. The van der Waals surface area contributed by atoms with E-state index < -0.39 is 0 Å². The van der Waals surface area contributed by atoms with Gasteiger partial charge in [-0.1, -0.05) is 12.1 Å². The van der Waals surface area contributed by atoms with Crippen LogP contribution < -0.4 is 5.73 Å². The predicted molar refractivity (Wildman–Crippen MR) is 49.9 cm³/mol. The highest BCUT2D eigenvalue weighted by Crippen LogP contribution is 2.10. The Balaban J connectivity index is 2.71. The summed E-state index contributed by atoms with van der Waals surface area (Å²) in [5.74, 6) is 0. The van der Waals surface area contributed by atoms with Gasteiger partial charge in [0.2, 0.25) is 0 Å². The van der Waals surface area contributed by atoms with Crippen molar-refractivity contribution in [3.05, 3.63) is 29.8 Å². The number of nitrogens with two attached hydrogens (primary N) is 1. The normalized spacial score (nSPS) is 12.9. The van der Waals surface area contributed by atoms with Crippen molar-refractivity contribution in [3.8, 4) is 0 Å². The van der Waals surface area contributed by atoms with Crippen molar-refractivity contribution >= 4 is 17.3 Å². The molecule has 2 N–H and O–H groups in total. The minimum atomic E-state index is 0.178. The zero-order chi connectivity index (χ0) is 8.27. The number of hydrogen-bond donors (Lipinski definition) is 1.